The molecule has 0 saturated carbocycles. The van der Waals surface area contributed by atoms with E-state index in [1.54, 1.807) is 11.3 Å². The van der Waals surface area contributed by atoms with Gasteiger partial charge in [0.25, 0.3) is 0 Å². The zero-order chi connectivity index (χ0) is 15.4. The summed E-state index contributed by atoms with van der Waals surface area (Å²) in [6.45, 7) is 4.02. The summed E-state index contributed by atoms with van der Waals surface area (Å²) in [5, 5.41) is 13.9. The Balaban J connectivity index is 1.99. The number of aliphatic hydroxyl groups excluding tert-OH is 1. The Morgan fingerprint density at radius 2 is 2.00 bits per heavy atom. The average molecular weight is 312 g/mol. The summed E-state index contributed by atoms with van der Waals surface area (Å²) in [6, 6.07) is 3.47. The summed E-state index contributed by atoms with van der Waals surface area (Å²) in [4.78, 5) is 5.48. The maximum atomic E-state index is 13.6. The smallest absolute Gasteiger partial charge is 0.131 e. The highest BCUT2D eigenvalue weighted by Gasteiger charge is 2.19. The van der Waals surface area contributed by atoms with Crippen LogP contribution in [-0.2, 0) is 6.42 Å². The molecule has 2 aromatic rings. The molecule has 0 aliphatic heterocycles. The van der Waals surface area contributed by atoms with Crippen LogP contribution in [0.2, 0.25) is 0 Å². The van der Waals surface area contributed by atoms with Crippen molar-refractivity contribution in [1.29, 1.82) is 0 Å². The molecule has 0 spiro atoms. The zero-order valence-electron chi connectivity index (χ0n) is 11.9. The Hall–Kier alpha value is -1.37. The molecule has 2 N–H and O–H groups in total. The molecule has 2 atom stereocenters. The van der Waals surface area contributed by atoms with Crippen LogP contribution in [0, 0.1) is 11.6 Å². The maximum absolute atomic E-state index is 13.6. The summed E-state index contributed by atoms with van der Waals surface area (Å²) in [7, 11) is 0. The van der Waals surface area contributed by atoms with Gasteiger partial charge < -0.3 is 10.4 Å². The van der Waals surface area contributed by atoms with Crippen LogP contribution in [0.3, 0.4) is 0 Å². The fraction of sp³-hybridized carbons (Fsp3) is 0.400. The normalized spacial score (nSPS) is 14.1. The molecule has 114 valence electrons. The molecule has 0 fully saturated rings. The van der Waals surface area contributed by atoms with Crippen molar-refractivity contribution in [3.8, 4) is 0 Å². The number of thiazole rings is 1. The van der Waals surface area contributed by atoms with Gasteiger partial charge in [-0.25, -0.2) is 13.8 Å². The molecule has 1 aromatic heterocycles. The van der Waals surface area contributed by atoms with Crippen molar-refractivity contribution in [3.63, 3.8) is 0 Å². The van der Waals surface area contributed by atoms with E-state index in [1.807, 2.05) is 13.1 Å². The second kappa shape index (κ2) is 7.06. The quantitative estimate of drug-likeness (QED) is 0.859. The first-order valence-electron chi connectivity index (χ1n) is 6.82. The van der Waals surface area contributed by atoms with Crippen molar-refractivity contribution < 1.29 is 13.9 Å². The predicted octanol–water partition coefficient (Wildman–Crippen LogP) is 3.37. The van der Waals surface area contributed by atoms with Gasteiger partial charge in [-0.3, -0.25) is 0 Å². The van der Waals surface area contributed by atoms with E-state index in [-0.39, 0.29) is 18.2 Å². The lowest BCUT2D eigenvalue weighted by molar-refractivity contribution is 0.161. The second-order valence-electron chi connectivity index (χ2n) is 4.80. The van der Waals surface area contributed by atoms with Crippen LogP contribution in [0.4, 0.5) is 8.78 Å². The van der Waals surface area contributed by atoms with Gasteiger partial charge in [0.1, 0.15) is 16.6 Å². The van der Waals surface area contributed by atoms with Gasteiger partial charge in [0.2, 0.25) is 0 Å². The number of hydrogen-bond acceptors (Lipinski definition) is 4. The highest BCUT2D eigenvalue weighted by atomic mass is 32.1. The fourth-order valence-electron chi connectivity index (χ4n) is 1.99. The molecule has 1 heterocycles. The number of aryl methyl sites for hydroxylation is 1. The lowest BCUT2D eigenvalue weighted by Gasteiger charge is -2.16. The number of rotatable bonds is 6. The van der Waals surface area contributed by atoms with Crippen molar-refractivity contribution in [3.05, 3.63) is 51.5 Å². The predicted molar refractivity (Wildman–Crippen MR) is 79.2 cm³/mol. The lowest BCUT2D eigenvalue weighted by atomic mass is 10.1. The monoisotopic (exact) mass is 312 g/mol. The van der Waals surface area contributed by atoms with Crippen LogP contribution < -0.4 is 5.32 Å². The Bertz CT molecular complexity index is 583. The Kier molecular flexibility index (Phi) is 5.39. The first-order chi connectivity index (χ1) is 10.0. The van der Waals surface area contributed by atoms with Crippen LogP contribution in [0.5, 0.6) is 0 Å². The fourth-order valence-corrected chi connectivity index (χ4v) is 2.88. The minimum absolute atomic E-state index is 0.0556. The van der Waals surface area contributed by atoms with Gasteiger partial charge in [-0.1, -0.05) is 13.0 Å². The molecule has 2 rings (SSSR count). The third kappa shape index (κ3) is 3.84. The summed E-state index contributed by atoms with van der Waals surface area (Å²) >= 11 is 1.59. The number of benzene rings is 1. The van der Waals surface area contributed by atoms with Crippen molar-refractivity contribution >= 4 is 11.3 Å². The lowest BCUT2D eigenvalue weighted by Crippen LogP contribution is -2.25. The van der Waals surface area contributed by atoms with E-state index in [2.05, 4.69) is 17.2 Å². The topological polar surface area (TPSA) is 45.2 Å². The number of hydrogen-bond donors (Lipinski definition) is 2. The molecule has 3 nitrogen and oxygen atoms in total. The average Bonchev–Trinajstić information content (AvgIpc) is 2.93. The molecule has 2 unspecified atom stereocenters. The summed E-state index contributed by atoms with van der Waals surface area (Å²) in [6.07, 6.45) is 1.51. The minimum Gasteiger partial charge on any atom is -0.387 e. The van der Waals surface area contributed by atoms with E-state index < -0.39 is 17.7 Å². The molecule has 21 heavy (non-hydrogen) atoms. The summed E-state index contributed by atoms with van der Waals surface area (Å²) in [5.74, 6) is -1.47. The number of aromatic nitrogens is 1. The van der Waals surface area contributed by atoms with Gasteiger partial charge >= 0.3 is 0 Å². The summed E-state index contributed by atoms with van der Waals surface area (Å²) < 4.78 is 27.1. The second-order valence-corrected chi connectivity index (χ2v) is 5.95. The van der Waals surface area contributed by atoms with Crippen molar-refractivity contribution in [2.24, 2.45) is 0 Å². The molecule has 0 aliphatic rings. The Labute approximate surface area is 126 Å². The van der Waals surface area contributed by atoms with E-state index in [1.165, 1.54) is 10.9 Å². The molecule has 0 bridgehead atoms. The zero-order valence-corrected chi connectivity index (χ0v) is 12.8. The van der Waals surface area contributed by atoms with Crippen LogP contribution in [0.15, 0.2) is 24.4 Å². The van der Waals surface area contributed by atoms with Gasteiger partial charge in [0, 0.05) is 17.6 Å². The third-order valence-corrected chi connectivity index (χ3v) is 4.57. The van der Waals surface area contributed by atoms with Crippen molar-refractivity contribution in [1.82, 2.24) is 10.3 Å². The summed E-state index contributed by atoms with van der Waals surface area (Å²) in [5.41, 5.74) is -0.300. The molecule has 0 radical (unpaired) electrons. The van der Waals surface area contributed by atoms with Crippen LogP contribution in [-0.4, -0.2) is 16.6 Å². The first kappa shape index (κ1) is 16.0. The largest absolute Gasteiger partial charge is 0.387 e. The van der Waals surface area contributed by atoms with Gasteiger partial charge in [0.05, 0.1) is 17.7 Å². The van der Waals surface area contributed by atoms with E-state index in [9.17, 15) is 13.9 Å². The standard InChI is InChI=1S/C15H18F2N2OS/c1-3-10-7-19-15(21-10)9(2)18-8-13(20)14-11(16)5-4-6-12(14)17/h4-7,9,13,18,20H,3,8H2,1-2H3. The van der Waals surface area contributed by atoms with Gasteiger partial charge in [0.15, 0.2) is 0 Å². The minimum atomic E-state index is -1.24. The van der Waals surface area contributed by atoms with Crippen molar-refractivity contribution in [2.75, 3.05) is 6.54 Å². The molecule has 6 heteroatoms. The van der Waals surface area contributed by atoms with Crippen LogP contribution in [0.1, 0.15) is 41.4 Å². The molecular formula is C15H18F2N2OS. The third-order valence-electron chi connectivity index (χ3n) is 3.24. The molecule has 0 saturated heterocycles. The SMILES string of the molecule is CCc1cnc(C(C)NCC(O)c2c(F)cccc2F)s1. The molecule has 0 amide bonds. The number of nitrogens with one attached hydrogen (secondary N) is 1. The number of aliphatic hydroxyl groups is 1. The first-order valence-corrected chi connectivity index (χ1v) is 7.64. The van der Waals surface area contributed by atoms with E-state index >= 15 is 0 Å². The van der Waals surface area contributed by atoms with Gasteiger partial charge in [-0.05, 0) is 25.5 Å². The van der Waals surface area contributed by atoms with Crippen molar-refractivity contribution in [2.45, 2.75) is 32.4 Å². The van der Waals surface area contributed by atoms with Gasteiger partial charge in [-0.15, -0.1) is 11.3 Å². The van der Waals surface area contributed by atoms with E-state index in [0.29, 0.717) is 0 Å². The highest BCUT2D eigenvalue weighted by molar-refractivity contribution is 7.11. The van der Waals surface area contributed by atoms with Crippen LogP contribution in [0.25, 0.3) is 0 Å². The highest BCUT2D eigenvalue weighted by Crippen LogP contribution is 2.23. The van der Waals surface area contributed by atoms with E-state index in [4.69, 9.17) is 0 Å². The number of halogens is 2. The molecule has 1 aromatic carbocycles. The van der Waals surface area contributed by atoms with Crippen LogP contribution >= 0.6 is 11.3 Å². The van der Waals surface area contributed by atoms with E-state index in [0.717, 1.165) is 23.6 Å². The Morgan fingerprint density at radius 3 is 2.57 bits per heavy atom. The van der Waals surface area contributed by atoms with Gasteiger partial charge in [-0.2, -0.15) is 0 Å². The molecule has 0 aliphatic carbocycles. The Morgan fingerprint density at radius 1 is 1.33 bits per heavy atom. The molecular weight excluding hydrogens is 294 g/mol. The number of nitrogens with zero attached hydrogens (tertiary/aromatic N) is 1. The maximum Gasteiger partial charge on any atom is 0.131 e.